The molecule has 0 unspecified atom stereocenters. The lowest BCUT2D eigenvalue weighted by Gasteiger charge is -2.04. The molecule has 1 N–H and O–H groups in total. The van der Waals surface area contributed by atoms with Crippen LogP contribution in [0.2, 0.25) is 0 Å². The molecule has 0 aromatic heterocycles. The number of benzene rings is 1. The van der Waals surface area contributed by atoms with Crippen LogP contribution in [0.1, 0.15) is 18.1 Å². The van der Waals surface area contributed by atoms with Crippen LogP contribution in [0.15, 0.2) is 12.1 Å². The Labute approximate surface area is 80.2 Å². The van der Waals surface area contributed by atoms with Crippen molar-refractivity contribution in [3.8, 4) is 0 Å². The van der Waals surface area contributed by atoms with E-state index in [0.717, 1.165) is 6.07 Å². The van der Waals surface area contributed by atoms with Crippen LogP contribution >= 0.6 is 0 Å². The molecule has 0 saturated carbocycles. The first-order valence-electron chi connectivity index (χ1n) is 4.23. The third kappa shape index (κ3) is 2.28. The van der Waals surface area contributed by atoms with Gasteiger partial charge < -0.3 is 5.11 Å². The number of carboxylic acid groups (broad SMARTS) is 1. The van der Waals surface area contributed by atoms with Crippen LogP contribution in [0, 0.1) is 11.6 Å². The van der Waals surface area contributed by atoms with E-state index in [1.165, 1.54) is 6.07 Å². The molecule has 0 amide bonds. The molecule has 14 heavy (non-hydrogen) atoms. The van der Waals surface area contributed by atoms with E-state index in [9.17, 15) is 13.6 Å². The van der Waals surface area contributed by atoms with Gasteiger partial charge in [-0.1, -0.05) is 6.92 Å². The van der Waals surface area contributed by atoms with Crippen molar-refractivity contribution < 1.29 is 18.7 Å². The highest BCUT2D eigenvalue weighted by Gasteiger charge is 2.11. The SMILES string of the molecule is CCc1cc(CC(=O)O)c(F)cc1F. The van der Waals surface area contributed by atoms with Gasteiger partial charge in [0.25, 0.3) is 0 Å². The van der Waals surface area contributed by atoms with E-state index in [1.807, 2.05) is 0 Å². The quantitative estimate of drug-likeness (QED) is 0.811. The number of hydrogen-bond donors (Lipinski definition) is 1. The summed E-state index contributed by atoms with van der Waals surface area (Å²) in [5, 5.41) is 8.46. The molecule has 1 aromatic rings. The number of hydrogen-bond acceptors (Lipinski definition) is 1. The Kier molecular flexibility index (Phi) is 3.17. The molecule has 1 rings (SSSR count). The molecular formula is C10H10F2O2. The molecule has 0 bridgehead atoms. The maximum atomic E-state index is 13.0. The van der Waals surface area contributed by atoms with Crippen molar-refractivity contribution in [2.24, 2.45) is 0 Å². The Morgan fingerprint density at radius 2 is 1.86 bits per heavy atom. The van der Waals surface area contributed by atoms with Crippen molar-refractivity contribution in [3.63, 3.8) is 0 Å². The fourth-order valence-corrected chi connectivity index (χ4v) is 1.21. The summed E-state index contributed by atoms with van der Waals surface area (Å²) in [6, 6.07) is 2.00. The molecule has 76 valence electrons. The molecule has 0 heterocycles. The van der Waals surface area contributed by atoms with Gasteiger partial charge in [0.15, 0.2) is 0 Å². The largest absolute Gasteiger partial charge is 0.481 e. The molecule has 1 aromatic carbocycles. The van der Waals surface area contributed by atoms with E-state index >= 15 is 0 Å². The van der Waals surface area contributed by atoms with Gasteiger partial charge in [-0.05, 0) is 23.6 Å². The van der Waals surface area contributed by atoms with Gasteiger partial charge in [-0.25, -0.2) is 8.78 Å². The van der Waals surface area contributed by atoms with E-state index in [-0.39, 0.29) is 5.56 Å². The average molecular weight is 200 g/mol. The van der Waals surface area contributed by atoms with Gasteiger partial charge in [-0.15, -0.1) is 0 Å². The van der Waals surface area contributed by atoms with Gasteiger partial charge in [0, 0.05) is 6.07 Å². The standard InChI is InChI=1S/C10H10F2O2/c1-2-6-3-7(4-10(13)14)9(12)5-8(6)11/h3,5H,2,4H2,1H3,(H,13,14). The lowest BCUT2D eigenvalue weighted by Crippen LogP contribution is -2.04. The first-order valence-corrected chi connectivity index (χ1v) is 4.23. The molecule has 0 aliphatic heterocycles. The van der Waals surface area contributed by atoms with Gasteiger partial charge in [-0.3, -0.25) is 4.79 Å². The molecular weight excluding hydrogens is 190 g/mol. The van der Waals surface area contributed by atoms with Gasteiger partial charge in [0.1, 0.15) is 11.6 Å². The molecule has 2 nitrogen and oxygen atoms in total. The highest BCUT2D eigenvalue weighted by molar-refractivity contribution is 5.70. The Balaban J connectivity index is 3.10. The summed E-state index contributed by atoms with van der Waals surface area (Å²) >= 11 is 0. The van der Waals surface area contributed by atoms with Crippen LogP contribution in [-0.2, 0) is 17.6 Å². The first kappa shape index (κ1) is 10.6. The van der Waals surface area contributed by atoms with Crippen LogP contribution in [0.5, 0.6) is 0 Å². The zero-order chi connectivity index (χ0) is 10.7. The van der Waals surface area contributed by atoms with Crippen molar-refractivity contribution in [3.05, 3.63) is 34.9 Å². The van der Waals surface area contributed by atoms with E-state index in [2.05, 4.69) is 0 Å². The second-order valence-electron chi connectivity index (χ2n) is 2.96. The molecule has 0 saturated heterocycles. The Hall–Kier alpha value is -1.45. The lowest BCUT2D eigenvalue weighted by molar-refractivity contribution is -0.136. The fraction of sp³-hybridized carbons (Fsp3) is 0.300. The number of aliphatic carboxylic acids is 1. The number of rotatable bonds is 3. The lowest BCUT2D eigenvalue weighted by atomic mass is 10.1. The van der Waals surface area contributed by atoms with Crippen LogP contribution in [-0.4, -0.2) is 11.1 Å². The molecule has 0 spiro atoms. The van der Waals surface area contributed by atoms with E-state index in [4.69, 9.17) is 5.11 Å². The average Bonchev–Trinajstić information content (AvgIpc) is 2.09. The van der Waals surface area contributed by atoms with Crippen molar-refractivity contribution in [2.45, 2.75) is 19.8 Å². The van der Waals surface area contributed by atoms with Crippen molar-refractivity contribution in [1.29, 1.82) is 0 Å². The van der Waals surface area contributed by atoms with Crippen LogP contribution in [0.4, 0.5) is 8.78 Å². The van der Waals surface area contributed by atoms with Crippen LogP contribution < -0.4 is 0 Å². The number of aryl methyl sites for hydroxylation is 1. The molecule has 0 fully saturated rings. The zero-order valence-corrected chi connectivity index (χ0v) is 7.68. The fourth-order valence-electron chi connectivity index (χ4n) is 1.21. The minimum atomic E-state index is -1.13. The first-order chi connectivity index (χ1) is 6.54. The highest BCUT2D eigenvalue weighted by atomic mass is 19.1. The van der Waals surface area contributed by atoms with Crippen LogP contribution in [0.3, 0.4) is 0 Å². The molecule has 4 heteroatoms. The predicted octanol–water partition coefficient (Wildman–Crippen LogP) is 2.15. The monoisotopic (exact) mass is 200 g/mol. The maximum absolute atomic E-state index is 13.0. The summed E-state index contributed by atoms with van der Waals surface area (Å²) in [7, 11) is 0. The third-order valence-corrected chi connectivity index (χ3v) is 1.94. The van der Waals surface area contributed by atoms with Crippen molar-refractivity contribution >= 4 is 5.97 Å². The molecule has 0 radical (unpaired) electrons. The molecule has 0 aliphatic carbocycles. The summed E-state index contributed by atoms with van der Waals surface area (Å²) in [5.74, 6) is -2.56. The highest BCUT2D eigenvalue weighted by Crippen LogP contribution is 2.16. The minimum Gasteiger partial charge on any atom is -0.481 e. The molecule has 0 aliphatic rings. The van der Waals surface area contributed by atoms with Gasteiger partial charge in [-0.2, -0.15) is 0 Å². The smallest absolute Gasteiger partial charge is 0.307 e. The van der Waals surface area contributed by atoms with Gasteiger partial charge in [0.2, 0.25) is 0 Å². The third-order valence-electron chi connectivity index (χ3n) is 1.94. The second kappa shape index (κ2) is 4.17. The number of carboxylic acids is 1. The second-order valence-corrected chi connectivity index (χ2v) is 2.96. The van der Waals surface area contributed by atoms with Crippen molar-refractivity contribution in [1.82, 2.24) is 0 Å². The summed E-state index contributed by atoms with van der Waals surface area (Å²) in [6.07, 6.45) is -0.00214. The summed E-state index contributed by atoms with van der Waals surface area (Å²) in [6.45, 7) is 1.72. The Morgan fingerprint density at radius 3 is 2.36 bits per heavy atom. The Morgan fingerprint density at radius 1 is 1.29 bits per heavy atom. The molecule has 0 atom stereocenters. The zero-order valence-electron chi connectivity index (χ0n) is 7.68. The summed E-state index contributed by atoms with van der Waals surface area (Å²) < 4.78 is 26.0. The van der Waals surface area contributed by atoms with Gasteiger partial charge >= 0.3 is 5.97 Å². The van der Waals surface area contributed by atoms with E-state index in [0.29, 0.717) is 12.0 Å². The topological polar surface area (TPSA) is 37.3 Å². The number of carbonyl (C=O) groups is 1. The summed E-state index contributed by atoms with van der Waals surface area (Å²) in [4.78, 5) is 10.3. The normalized spacial score (nSPS) is 10.2. The van der Waals surface area contributed by atoms with E-state index in [1.54, 1.807) is 6.92 Å². The van der Waals surface area contributed by atoms with Crippen molar-refractivity contribution in [2.75, 3.05) is 0 Å². The number of halogens is 2. The predicted molar refractivity (Wildman–Crippen MR) is 47.1 cm³/mol. The van der Waals surface area contributed by atoms with Gasteiger partial charge in [0.05, 0.1) is 6.42 Å². The Bertz CT molecular complexity index is 361. The minimum absolute atomic E-state index is 0.0238. The van der Waals surface area contributed by atoms with E-state index < -0.39 is 24.0 Å². The summed E-state index contributed by atoms with van der Waals surface area (Å²) in [5.41, 5.74) is 0.360. The maximum Gasteiger partial charge on any atom is 0.307 e. The van der Waals surface area contributed by atoms with Crippen LogP contribution in [0.25, 0.3) is 0 Å².